The summed E-state index contributed by atoms with van der Waals surface area (Å²) in [6.07, 6.45) is 0. The Labute approximate surface area is 143 Å². The van der Waals surface area contributed by atoms with Crippen LogP contribution in [0.15, 0.2) is 41.3 Å². The van der Waals surface area contributed by atoms with E-state index in [-0.39, 0.29) is 59.1 Å². The number of fused-ring (bicyclic) bond motifs is 1. The minimum atomic E-state index is -0.901. The van der Waals surface area contributed by atoms with Gasteiger partial charge in [-0.25, -0.2) is 4.79 Å². The second kappa shape index (κ2) is 7.07. The Morgan fingerprint density at radius 1 is 1.00 bits per heavy atom. The van der Waals surface area contributed by atoms with Crippen molar-refractivity contribution in [2.45, 2.75) is 4.90 Å². The number of carboxylic acid groups (broad SMARTS) is 1. The molecule has 0 fully saturated rings. The summed E-state index contributed by atoms with van der Waals surface area (Å²) in [6.45, 7) is 0. The molecule has 74 valence electrons. The van der Waals surface area contributed by atoms with Crippen LogP contribution in [0.4, 0.5) is 0 Å². The van der Waals surface area contributed by atoms with E-state index >= 15 is 0 Å². The molecule has 0 aliphatic carbocycles. The maximum atomic E-state index is 10.7. The molecule has 2 nitrogen and oxygen atoms in total. The molecule has 0 unspecified atom stereocenters. The van der Waals surface area contributed by atoms with E-state index in [1.807, 2.05) is 18.2 Å². The molecule has 0 heterocycles. The van der Waals surface area contributed by atoms with Gasteiger partial charge in [-0.05, 0) is 35.0 Å². The van der Waals surface area contributed by atoms with Crippen molar-refractivity contribution in [2.24, 2.45) is 0 Å². The van der Waals surface area contributed by atoms with Crippen LogP contribution in [0.25, 0.3) is 10.8 Å². The number of thiol groups is 1. The molecule has 0 amide bonds. The van der Waals surface area contributed by atoms with Gasteiger partial charge in [-0.3, -0.25) is 0 Å². The Hall–Kier alpha value is 0.520. The summed E-state index contributed by atoms with van der Waals surface area (Å²) in [5, 5.41) is 10.7. The standard InChI is InChI=1S/C11H8O2S.2Na.2H/c12-11(13)9-2-1-8-6-10(14)4-3-7(8)5-9;;;;/h1-6,14H,(H,12,13);;;;. The van der Waals surface area contributed by atoms with Gasteiger partial charge in [0.25, 0.3) is 0 Å². The van der Waals surface area contributed by atoms with Crippen LogP contribution in [-0.4, -0.2) is 70.2 Å². The molecule has 0 bridgehead atoms. The van der Waals surface area contributed by atoms with Gasteiger partial charge in [0, 0.05) is 4.90 Å². The van der Waals surface area contributed by atoms with E-state index in [0.29, 0.717) is 5.56 Å². The molecule has 0 atom stereocenters. The first kappa shape index (κ1) is 16.5. The molecule has 0 saturated carbocycles. The monoisotopic (exact) mass is 252 g/mol. The first-order valence-electron chi connectivity index (χ1n) is 4.13. The first-order chi connectivity index (χ1) is 6.66. The van der Waals surface area contributed by atoms with E-state index in [2.05, 4.69) is 12.6 Å². The molecule has 0 aliphatic heterocycles. The van der Waals surface area contributed by atoms with Crippen LogP contribution in [0.3, 0.4) is 0 Å². The molecule has 16 heavy (non-hydrogen) atoms. The average Bonchev–Trinajstić information content (AvgIpc) is 2.16. The zero-order valence-electron chi connectivity index (χ0n) is 7.27. The van der Waals surface area contributed by atoms with E-state index in [9.17, 15) is 4.79 Å². The molecule has 0 saturated heterocycles. The third kappa shape index (κ3) is 3.77. The van der Waals surface area contributed by atoms with Gasteiger partial charge in [0.15, 0.2) is 0 Å². The fourth-order valence-corrected chi connectivity index (χ4v) is 1.58. The Balaban J connectivity index is 0.00000112. The predicted molar refractivity (Wildman–Crippen MR) is 72.5 cm³/mol. The van der Waals surface area contributed by atoms with Gasteiger partial charge in [0.1, 0.15) is 0 Å². The fraction of sp³-hybridized carbons (Fsp3) is 0. The van der Waals surface area contributed by atoms with E-state index in [0.717, 1.165) is 15.7 Å². The van der Waals surface area contributed by atoms with Crippen LogP contribution in [-0.2, 0) is 0 Å². The second-order valence-electron chi connectivity index (χ2n) is 3.05. The molecule has 2 aromatic rings. The van der Waals surface area contributed by atoms with Crippen molar-refractivity contribution >= 4 is 88.5 Å². The topological polar surface area (TPSA) is 37.3 Å². The number of rotatable bonds is 1. The predicted octanol–water partition coefficient (Wildman–Crippen LogP) is 1.53. The molecule has 5 heteroatoms. The van der Waals surface area contributed by atoms with E-state index in [4.69, 9.17) is 5.11 Å². The van der Waals surface area contributed by atoms with Crippen molar-refractivity contribution in [2.75, 3.05) is 0 Å². The third-order valence-electron chi connectivity index (χ3n) is 2.07. The number of aromatic carboxylic acids is 1. The van der Waals surface area contributed by atoms with Crippen LogP contribution in [0.2, 0.25) is 0 Å². The van der Waals surface area contributed by atoms with Crippen molar-refractivity contribution in [1.82, 2.24) is 0 Å². The number of hydrogen-bond acceptors (Lipinski definition) is 2. The molecular weight excluding hydrogens is 242 g/mol. The Kier molecular flexibility index (Phi) is 7.30. The Morgan fingerprint density at radius 2 is 1.56 bits per heavy atom. The van der Waals surface area contributed by atoms with Crippen LogP contribution in [0.1, 0.15) is 10.4 Å². The third-order valence-corrected chi connectivity index (χ3v) is 2.35. The van der Waals surface area contributed by atoms with Gasteiger partial charge in [0.2, 0.25) is 0 Å². The Morgan fingerprint density at radius 3 is 2.19 bits per heavy atom. The normalized spacial score (nSPS) is 9.06. The molecule has 2 rings (SSSR count). The SMILES string of the molecule is O=C(O)c1ccc2cc(S)ccc2c1.[NaH].[NaH]. The van der Waals surface area contributed by atoms with Crippen LogP contribution in [0, 0.1) is 0 Å². The fourth-order valence-electron chi connectivity index (χ4n) is 1.37. The molecule has 0 spiro atoms. The summed E-state index contributed by atoms with van der Waals surface area (Å²) >= 11 is 4.21. The van der Waals surface area contributed by atoms with Gasteiger partial charge < -0.3 is 5.11 Å². The molecule has 0 radical (unpaired) electrons. The molecular formula is C11H10Na2O2S. The van der Waals surface area contributed by atoms with Crippen molar-refractivity contribution < 1.29 is 9.90 Å². The van der Waals surface area contributed by atoms with Gasteiger partial charge in [-0.1, -0.05) is 12.1 Å². The van der Waals surface area contributed by atoms with Gasteiger partial charge in [-0.2, -0.15) is 0 Å². The summed E-state index contributed by atoms with van der Waals surface area (Å²) in [6, 6.07) is 10.7. The zero-order chi connectivity index (χ0) is 10.1. The van der Waals surface area contributed by atoms with Crippen molar-refractivity contribution in [3.05, 3.63) is 42.0 Å². The van der Waals surface area contributed by atoms with Crippen LogP contribution in [0.5, 0.6) is 0 Å². The summed E-state index contributed by atoms with van der Waals surface area (Å²) in [5.74, 6) is -0.901. The number of carbonyl (C=O) groups is 1. The molecule has 0 aliphatic rings. The molecule has 2 aromatic carbocycles. The summed E-state index contributed by atoms with van der Waals surface area (Å²) < 4.78 is 0. The van der Waals surface area contributed by atoms with Crippen molar-refractivity contribution in [3.8, 4) is 0 Å². The van der Waals surface area contributed by atoms with Crippen LogP contribution < -0.4 is 0 Å². The van der Waals surface area contributed by atoms with E-state index < -0.39 is 5.97 Å². The molecule has 1 N–H and O–H groups in total. The minimum absolute atomic E-state index is 0. The van der Waals surface area contributed by atoms with Crippen molar-refractivity contribution in [3.63, 3.8) is 0 Å². The average molecular weight is 252 g/mol. The van der Waals surface area contributed by atoms with E-state index in [1.165, 1.54) is 0 Å². The first-order valence-corrected chi connectivity index (χ1v) is 4.57. The summed E-state index contributed by atoms with van der Waals surface area (Å²) in [5.41, 5.74) is 0.310. The summed E-state index contributed by atoms with van der Waals surface area (Å²) in [7, 11) is 0. The molecule has 0 aromatic heterocycles. The number of benzene rings is 2. The van der Waals surface area contributed by atoms with Gasteiger partial charge in [0.05, 0.1) is 5.56 Å². The van der Waals surface area contributed by atoms with Gasteiger partial charge in [-0.15, -0.1) is 12.6 Å². The summed E-state index contributed by atoms with van der Waals surface area (Å²) in [4.78, 5) is 11.6. The van der Waals surface area contributed by atoms with E-state index in [1.54, 1.807) is 18.2 Å². The second-order valence-corrected chi connectivity index (χ2v) is 3.57. The quantitative estimate of drug-likeness (QED) is 0.596. The number of carboxylic acids is 1. The Bertz CT molecular complexity index is 514. The van der Waals surface area contributed by atoms with Gasteiger partial charge >= 0.3 is 65.1 Å². The van der Waals surface area contributed by atoms with Crippen LogP contribution >= 0.6 is 12.6 Å². The zero-order valence-corrected chi connectivity index (χ0v) is 8.16. The maximum absolute atomic E-state index is 10.7. The number of hydrogen-bond donors (Lipinski definition) is 2. The van der Waals surface area contributed by atoms with Crippen molar-refractivity contribution in [1.29, 1.82) is 0 Å².